The van der Waals surface area contributed by atoms with Crippen molar-refractivity contribution in [2.24, 2.45) is 11.8 Å². The van der Waals surface area contributed by atoms with Crippen LogP contribution >= 0.6 is 0 Å². The van der Waals surface area contributed by atoms with E-state index in [9.17, 15) is 43.2 Å². The molecule has 140 heavy (non-hydrogen) atoms. The first kappa shape index (κ1) is 109. The molecule has 0 radical (unpaired) electrons. The summed E-state index contributed by atoms with van der Waals surface area (Å²) in [7, 11) is 1.53. The summed E-state index contributed by atoms with van der Waals surface area (Å²) in [6, 6.07) is 66.7. The number of rotatable bonds is 65. The largest absolute Gasteiger partial charge is 0.489 e. The SMILES string of the molecule is COCCOCCOCCCC(=O)[C@@H](CCC(=O)OCc1ccccc1)NC(=O)[C@@H](CCC(=O)OCc1ccccc1)NC(=O)[C@@H](CCC(=O)OCc1ccccc1)NC(=O)[C@@H](CCC(=O)OCc1ccccc1)NC(=O)[C@@H](CCC(=O)OCc1ccccc1)NC(=O)[C@H](CCC(=O)OCc1ccccc1)CC(=O)[C@@H](Cc1ccccc1)NC(=O)[C@@H](CC(C)=O)Cc1ccc(OCc2ccccc2)cc1. The number of esters is 6. The van der Waals surface area contributed by atoms with Gasteiger partial charge in [-0.3, -0.25) is 67.1 Å². The minimum Gasteiger partial charge on any atom is -0.489 e. The van der Waals surface area contributed by atoms with Crippen molar-refractivity contribution < 1.29 is 119 Å². The Hall–Kier alpha value is -14.7. The second-order valence-corrected chi connectivity index (χ2v) is 33.5. The van der Waals surface area contributed by atoms with E-state index in [4.69, 9.17) is 47.4 Å². The Bertz CT molecular complexity index is 5360. The number of ether oxygens (including phenoxy) is 10. The average Bonchev–Trinajstić information content (AvgIpc) is 0.846. The lowest BCUT2D eigenvalue weighted by Crippen LogP contribution is -2.59. The number of hydrogen-bond acceptors (Lipinski definition) is 25. The van der Waals surface area contributed by atoms with Crippen LogP contribution in [0.2, 0.25) is 0 Å². The molecule has 0 aliphatic rings. The molecular formula is C109H124N6O25. The summed E-state index contributed by atoms with van der Waals surface area (Å²) in [4.78, 5) is 219. The molecule has 0 aromatic heterocycles. The quantitative estimate of drug-likeness (QED) is 0.0117. The molecule has 0 heterocycles. The highest BCUT2D eigenvalue weighted by Crippen LogP contribution is 2.24. The number of methoxy groups -OCH3 is 1. The molecule has 6 N–H and O–H groups in total. The van der Waals surface area contributed by atoms with Crippen LogP contribution in [0.4, 0.5) is 0 Å². The van der Waals surface area contributed by atoms with E-state index in [0.717, 1.165) is 5.56 Å². The predicted molar refractivity (Wildman–Crippen MR) is 515 cm³/mol. The van der Waals surface area contributed by atoms with Crippen molar-refractivity contribution in [3.63, 3.8) is 0 Å². The van der Waals surface area contributed by atoms with E-state index in [0.29, 0.717) is 70.1 Å². The fraction of sp³-hybridized carbons (Fsp3) is 0.367. The molecule has 9 rings (SSSR count). The summed E-state index contributed by atoms with van der Waals surface area (Å²) in [5.41, 5.74) is 5.85. The molecular weight excluding hydrogens is 1790 g/mol. The molecule has 0 aliphatic carbocycles. The van der Waals surface area contributed by atoms with Crippen LogP contribution in [0, 0.1) is 11.8 Å². The van der Waals surface area contributed by atoms with Gasteiger partial charge in [-0.1, -0.05) is 255 Å². The van der Waals surface area contributed by atoms with E-state index in [1.807, 2.05) is 30.3 Å². The van der Waals surface area contributed by atoms with Gasteiger partial charge in [0.1, 0.15) is 81.9 Å². The van der Waals surface area contributed by atoms with Gasteiger partial charge < -0.3 is 84.1 Å². The van der Waals surface area contributed by atoms with Crippen LogP contribution in [-0.2, 0) is 174 Å². The minimum absolute atomic E-state index is 0.0508. The number of Topliss-reactive ketones (excluding diaryl/α,β-unsaturated/α-hetero) is 3. The molecule has 0 fully saturated rings. The molecule has 740 valence electrons. The lowest BCUT2D eigenvalue weighted by molar-refractivity contribution is -0.147. The standard InChI is InChI=1S/C109H124N6O25/c1-77(116)66-88(67-79-45-48-89(49-46-79)134-70-80-30-13-4-14-31-80)105(126)115-95(68-78-28-11-3-12-29-78)97(118)69-87(47-55-98(119)135-71-81-32-15-5-16-33-81)104(125)111-91(51-57-100(121)137-73-83-36-19-7-20-37-83)107(128)113-93(53-59-102(123)139-75-85-40-23-9-24-41-85)109(130)114-94(54-60-103(124)140-76-86-42-25-10-26-43-86)108(129)112-92(52-58-101(122)138-74-84-38-21-8-22-39-84)106(127)110-90(50-56-99(120)136-72-82-34-17-6-18-35-82)96(117)44-27-61-132-64-65-133-63-62-131-2/h3-26,28-43,45-46,48-49,87-88,90-95H,27,44,47,50-76H2,1-2H3,(H,110,127)(H,111,125)(H,112,129)(H,113,128)(H,114,130)(H,115,126)/t87-,88+,90-,91-,92-,93-,94-,95-/m1/s1. The zero-order valence-corrected chi connectivity index (χ0v) is 78.9. The Morgan fingerprint density at radius 2 is 0.514 bits per heavy atom. The van der Waals surface area contributed by atoms with Gasteiger partial charge in [0, 0.05) is 83.3 Å². The summed E-state index contributed by atoms with van der Waals surface area (Å²) < 4.78 is 56.0. The van der Waals surface area contributed by atoms with E-state index in [-0.39, 0.29) is 104 Å². The second kappa shape index (κ2) is 62.2. The third kappa shape index (κ3) is 42.9. The molecule has 8 atom stereocenters. The van der Waals surface area contributed by atoms with Crippen LogP contribution in [0.25, 0.3) is 0 Å². The summed E-state index contributed by atoms with van der Waals surface area (Å²) >= 11 is 0. The van der Waals surface area contributed by atoms with Gasteiger partial charge in [-0.25, -0.2) is 0 Å². The lowest BCUT2D eigenvalue weighted by Gasteiger charge is -2.28. The van der Waals surface area contributed by atoms with Gasteiger partial charge in [0.2, 0.25) is 35.4 Å². The van der Waals surface area contributed by atoms with Crippen molar-refractivity contribution in [3.8, 4) is 5.75 Å². The number of benzene rings is 9. The Morgan fingerprint density at radius 3 is 0.850 bits per heavy atom. The Kier molecular flexibility index (Phi) is 48.4. The third-order valence-electron chi connectivity index (χ3n) is 22.5. The number of amides is 6. The highest BCUT2D eigenvalue weighted by Gasteiger charge is 2.38. The molecule has 9 aromatic carbocycles. The van der Waals surface area contributed by atoms with Gasteiger partial charge in [0.05, 0.1) is 38.5 Å². The van der Waals surface area contributed by atoms with Crippen LogP contribution in [0.15, 0.2) is 267 Å². The van der Waals surface area contributed by atoms with Crippen molar-refractivity contribution in [1.82, 2.24) is 31.9 Å². The first-order chi connectivity index (χ1) is 68.0. The molecule has 9 aromatic rings. The number of nitrogens with one attached hydrogen (secondary N) is 6. The zero-order valence-electron chi connectivity index (χ0n) is 78.9. The number of carbonyl (C=O) groups is 15. The highest BCUT2D eigenvalue weighted by molar-refractivity contribution is 5.99. The van der Waals surface area contributed by atoms with E-state index >= 15 is 28.8 Å². The first-order valence-corrected chi connectivity index (χ1v) is 47.0. The van der Waals surface area contributed by atoms with Gasteiger partial charge in [0.15, 0.2) is 11.6 Å². The first-order valence-electron chi connectivity index (χ1n) is 47.0. The highest BCUT2D eigenvalue weighted by atomic mass is 16.6. The number of carbonyl (C=O) groups excluding carboxylic acids is 15. The Balaban J connectivity index is 1.04. The van der Waals surface area contributed by atoms with Crippen LogP contribution < -0.4 is 36.6 Å². The number of hydrogen-bond donors (Lipinski definition) is 6. The smallest absolute Gasteiger partial charge is 0.306 e. The Labute approximate surface area is 815 Å². The van der Waals surface area contributed by atoms with E-state index in [2.05, 4.69) is 31.9 Å². The van der Waals surface area contributed by atoms with Crippen molar-refractivity contribution in [2.45, 2.75) is 205 Å². The normalized spacial score (nSPS) is 12.6. The third-order valence-corrected chi connectivity index (χ3v) is 22.5. The molecule has 0 saturated heterocycles. The van der Waals surface area contributed by atoms with Crippen LogP contribution in [-0.4, -0.2) is 165 Å². The number of ketones is 3. The summed E-state index contributed by atoms with van der Waals surface area (Å²) in [5, 5.41) is 16.1. The molecule has 31 nitrogen and oxygen atoms in total. The van der Waals surface area contributed by atoms with Crippen molar-refractivity contribution in [2.75, 3.05) is 40.1 Å². The molecule has 0 aliphatic heterocycles. The maximum atomic E-state index is 15.7. The van der Waals surface area contributed by atoms with E-state index in [1.165, 1.54) is 14.0 Å². The van der Waals surface area contributed by atoms with E-state index in [1.54, 1.807) is 237 Å². The fourth-order valence-electron chi connectivity index (χ4n) is 14.7. The monoisotopic (exact) mass is 1920 g/mol. The molecule has 0 bridgehead atoms. The van der Waals surface area contributed by atoms with Crippen molar-refractivity contribution in [1.29, 1.82) is 0 Å². The van der Waals surface area contributed by atoms with Crippen LogP contribution in [0.5, 0.6) is 5.75 Å². The average molecular weight is 1920 g/mol. The van der Waals surface area contributed by atoms with Crippen molar-refractivity contribution in [3.05, 3.63) is 317 Å². The molecule has 31 heteroatoms. The van der Waals surface area contributed by atoms with Gasteiger partial charge in [0.25, 0.3) is 0 Å². The van der Waals surface area contributed by atoms with E-state index < -0.39 is 208 Å². The molecule has 0 saturated carbocycles. The summed E-state index contributed by atoms with van der Waals surface area (Å²) in [6.45, 7) is 1.63. The molecule has 0 spiro atoms. The maximum absolute atomic E-state index is 15.7. The van der Waals surface area contributed by atoms with Crippen LogP contribution in [0.3, 0.4) is 0 Å². The van der Waals surface area contributed by atoms with Crippen LogP contribution in [0.1, 0.15) is 160 Å². The van der Waals surface area contributed by atoms with Gasteiger partial charge in [-0.15, -0.1) is 0 Å². The van der Waals surface area contributed by atoms with Crippen molar-refractivity contribution >= 4 is 88.6 Å². The fourth-order valence-corrected chi connectivity index (χ4v) is 14.7. The van der Waals surface area contributed by atoms with Gasteiger partial charge in [-0.05, 0) is 127 Å². The van der Waals surface area contributed by atoms with Gasteiger partial charge >= 0.3 is 35.8 Å². The maximum Gasteiger partial charge on any atom is 0.306 e. The summed E-state index contributed by atoms with van der Waals surface area (Å²) in [6.07, 6.45) is -7.53. The predicted octanol–water partition coefficient (Wildman–Crippen LogP) is 12.3. The Morgan fingerprint density at radius 1 is 0.243 bits per heavy atom. The summed E-state index contributed by atoms with van der Waals surface area (Å²) in [5.74, 6) is -15.0. The topological polar surface area (TPSA) is 421 Å². The minimum atomic E-state index is -1.94. The lowest BCUT2D eigenvalue weighted by atomic mass is 9.89. The van der Waals surface area contributed by atoms with Gasteiger partial charge in [-0.2, -0.15) is 0 Å². The molecule has 6 amide bonds. The molecule has 0 unspecified atom stereocenters. The second-order valence-electron chi connectivity index (χ2n) is 33.5. The zero-order chi connectivity index (χ0) is 99.7.